The maximum atomic E-state index is 6.15. The molecule has 2 aromatic heterocycles. The van der Waals surface area contributed by atoms with Crippen molar-refractivity contribution in [2.24, 2.45) is 0 Å². The van der Waals surface area contributed by atoms with Crippen molar-refractivity contribution in [2.45, 2.75) is 32.4 Å². The third-order valence-corrected chi connectivity index (χ3v) is 5.11. The van der Waals surface area contributed by atoms with Gasteiger partial charge < -0.3 is 9.15 Å². The molecule has 0 aliphatic carbocycles. The molecule has 4 aromatic rings. The van der Waals surface area contributed by atoms with E-state index in [-0.39, 0.29) is 0 Å². The van der Waals surface area contributed by atoms with Gasteiger partial charge in [-0.15, -0.1) is 5.10 Å². The normalized spacial score (nSPS) is 11.3. The quantitative estimate of drug-likeness (QED) is 0.300. The number of hydrogen-bond acceptors (Lipinski definition) is 5. The number of rotatable bonds is 10. The molecule has 0 fully saturated rings. The van der Waals surface area contributed by atoms with Crippen LogP contribution in [0.5, 0.6) is 5.75 Å². The van der Waals surface area contributed by atoms with Gasteiger partial charge >= 0.3 is 0 Å². The highest BCUT2D eigenvalue weighted by molar-refractivity contribution is 6.32. The van der Waals surface area contributed by atoms with Crippen molar-refractivity contribution >= 4 is 23.8 Å². The molecule has 0 amide bonds. The Hall–Kier alpha value is -3.38. The average molecular weight is 435 g/mol. The lowest BCUT2D eigenvalue weighted by Crippen LogP contribution is -1.99. The van der Waals surface area contributed by atoms with Gasteiger partial charge in [-0.3, -0.25) is 4.68 Å². The van der Waals surface area contributed by atoms with Gasteiger partial charge in [-0.1, -0.05) is 47.1 Å². The standard InChI is InChI=1S/C24H23ClN4O2/c25-23-7-2-1-6-20(23)10-13-24-27-21(18-31-24)17-30-22-11-8-19(9-12-22)5-3-4-15-29-16-14-26-28-29/h1-2,6-14,16,18H,3-5,15,17H2. The minimum atomic E-state index is 0.348. The predicted molar refractivity (Wildman–Crippen MR) is 121 cm³/mol. The van der Waals surface area contributed by atoms with Gasteiger partial charge in [0.1, 0.15) is 24.3 Å². The molecule has 0 aliphatic heterocycles. The van der Waals surface area contributed by atoms with Crippen LogP contribution in [0.3, 0.4) is 0 Å². The van der Waals surface area contributed by atoms with Crippen LogP contribution in [0.25, 0.3) is 12.2 Å². The molecule has 31 heavy (non-hydrogen) atoms. The highest BCUT2D eigenvalue weighted by Gasteiger charge is 2.04. The molecule has 0 N–H and O–H groups in total. The predicted octanol–water partition coefficient (Wildman–Crippen LogP) is 5.69. The van der Waals surface area contributed by atoms with E-state index in [4.69, 9.17) is 20.8 Å². The SMILES string of the molecule is Clc1ccccc1C=Cc1nc(COc2ccc(CCCCn3ccnn3)cc2)co1. The summed E-state index contributed by atoms with van der Waals surface area (Å²) in [6, 6.07) is 15.8. The number of aryl methyl sites for hydroxylation is 2. The van der Waals surface area contributed by atoms with Crippen molar-refractivity contribution in [3.05, 3.63) is 94.9 Å². The van der Waals surface area contributed by atoms with Gasteiger partial charge in [0.2, 0.25) is 5.89 Å². The van der Waals surface area contributed by atoms with Gasteiger partial charge in [0, 0.05) is 23.8 Å². The van der Waals surface area contributed by atoms with Crippen molar-refractivity contribution in [1.82, 2.24) is 20.0 Å². The lowest BCUT2D eigenvalue weighted by molar-refractivity contribution is 0.301. The van der Waals surface area contributed by atoms with Crippen molar-refractivity contribution < 1.29 is 9.15 Å². The lowest BCUT2D eigenvalue weighted by atomic mass is 10.1. The molecule has 0 saturated carbocycles. The zero-order chi connectivity index (χ0) is 21.3. The Labute approximate surface area is 186 Å². The van der Waals surface area contributed by atoms with E-state index in [9.17, 15) is 0 Å². The van der Waals surface area contributed by atoms with Gasteiger partial charge in [-0.2, -0.15) is 0 Å². The number of unbranched alkanes of at least 4 members (excludes halogenated alkanes) is 1. The lowest BCUT2D eigenvalue weighted by Gasteiger charge is -2.06. The molecule has 0 radical (unpaired) electrons. The van der Waals surface area contributed by atoms with Crippen molar-refractivity contribution in [3.8, 4) is 5.75 Å². The first-order chi connectivity index (χ1) is 15.3. The summed E-state index contributed by atoms with van der Waals surface area (Å²) < 4.78 is 13.2. The fourth-order valence-corrected chi connectivity index (χ4v) is 3.30. The zero-order valence-corrected chi connectivity index (χ0v) is 17.8. The maximum Gasteiger partial charge on any atom is 0.218 e. The second kappa shape index (κ2) is 10.6. The fourth-order valence-electron chi connectivity index (χ4n) is 3.10. The van der Waals surface area contributed by atoms with Crippen LogP contribution >= 0.6 is 11.6 Å². The van der Waals surface area contributed by atoms with Crippen molar-refractivity contribution in [2.75, 3.05) is 0 Å². The molecule has 7 heteroatoms. The number of ether oxygens (including phenoxy) is 1. The number of aromatic nitrogens is 4. The summed E-state index contributed by atoms with van der Waals surface area (Å²) in [5.41, 5.74) is 2.94. The third-order valence-electron chi connectivity index (χ3n) is 4.76. The molecule has 0 bridgehead atoms. The van der Waals surface area contributed by atoms with Gasteiger partial charge in [-0.25, -0.2) is 4.98 Å². The minimum Gasteiger partial charge on any atom is -0.487 e. The summed E-state index contributed by atoms with van der Waals surface area (Å²) in [4.78, 5) is 4.43. The average Bonchev–Trinajstić information content (AvgIpc) is 3.48. The molecule has 158 valence electrons. The van der Waals surface area contributed by atoms with E-state index in [2.05, 4.69) is 27.4 Å². The summed E-state index contributed by atoms with van der Waals surface area (Å²) in [5.74, 6) is 1.32. The number of hydrogen-bond donors (Lipinski definition) is 0. The number of benzene rings is 2. The Bertz CT molecular complexity index is 1100. The first-order valence-corrected chi connectivity index (χ1v) is 10.6. The summed E-state index contributed by atoms with van der Waals surface area (Å²) in [6.45, 7) is 1.25. The minimum absolute atomic E-state index is 0.348. The van der Waals surface area contributed by atoms with Gasteiger partial charge in [-0.05, 0) is 54.7 Å². The molecule has 6 nitrogen and oxygen atoms in total. The molecular weight excluding hydrogens is 412 g/mol. The third kappa shape index (κ3) is 6.30. The Morgan fingerprint density at radius 1 is 1.03 bits per heavy atom. The van der Waals surface area contributed by atoms with E-state index in [0.29, 0.717) is 17.5 Å². The number of halogens is 1. The van der Waals surface area contributed by atoms with Crippen LogP contribution in [0.1, 0.15) is 35.6 Å². The Balaban J connectivity index is 1.22. The summed E-state index contributed by atoms with van der Waals surface area (Å²) in [6.07, 6.45) is 12.1. The van der Waals surface area contributed by atoms with E-state index in [0.717, 1.165) is 42.8 Å². The topological polar surface area (TPSA) is 66.0 Å². The van der Waals surface area contributed by atoms with Crippen LogP contribution in [0, 0.1) is 0 Å². The zero-order valence-electron chi connectivity index (χ0n) is 17.0. The summed E-state index contributed by atoms with van der Waals surface area (Å²) >= 11 is 6.15. The molecule has 0 aliphatic rings. The Kier molecular flexibility index (Phi) is 7.13. The smallest absolute Gasteiger partial charge is 0.218 e. The largest absolute Gasteiger partial charge is 0.487 e. The van der Waals surface area contributed by atoms with Crippen LogP contribution in [0.4, 0.5) is 0 Å². The van der Waals surface area contributed by atoms with Crippen LogP contribution in [0.15, 0.2) is 71.6 Å². The number of nitrogens with zero attached hydrogens (tertiary/aromatic N) is 4. The Morgan fingerprint density at radius 3 is 2.71 bits per heavy atom. The summed E-state index contributed by atoms with van der Waals surface area (Å²) in [5, 5.41) is 8.48. The maximum absolute atomic E-state index is 6.15. The summed E-state index contributed by atoms with van der Waals surface area (Å²) in [7, 11) is 0. The van der Waals surface area contributed by atoms with Gasteiger partial charge in [0.25, 0.3) is 0 Å². The molecule has 4 rings (SSSR count). The molecule has 0 atom stereocenters. The Morgan fingerprint density at radius 2 is 1.90 bits per heavy atom. The van der Waals surface area contributed by atoms with Crippen LogP contribution in [-0.2, 0) is 19.6 Å². The van der Waals surface area contributed by atoms with Crippen molar-refractivity contribution in [3.63, 3.8) is 0 Å². The van der Waals surface area contributed by atoms with Crippen LogP contribution < -0.4 is 4.74 Å². The van der Waals surface area contributed by atoms with E-state index >= 15 is 0 Å². The molecule has 0 spiro atoms. The monoisotopic (exact) mass is 434 g/mol. The first-order valence-electron chi connectivity index (χ1n) is 10.2. The second-order valence-corrected chi connectivity index (χ2v) is 7.49. The highest BCUT2D eigenvalue weighted by Crippen LogP contribution is 2.19. The van der Waals surface area contributed by atoms with Crippen LogP contribution in [-0.4, -0.2) is 20.0 Å². The van der Waals surface area contributed by atoms with E-state index in [1.165, 1.54) is 5.56 Å². The first kappa shape index (κ1) is 20.9. The molecule has 2 aromatic carbocycles. The fraction of sp³-hybridized carbons (Fsp3) is 0.208. The van der Waals surface area contributed by atoms with Gasteiger partial charge in [0.15, 0.2) is 0 Å². The van der Waals surface area contributed by atoms with E-state index in [1.807, 2.05) is 53.4 Å². The number of oxazole rings is 1. The van der Waals surface area contributed by atoms with Crippen molar-refractivity contribution in [1.29, 1.82) is 0 Å². The molecule has 0 unspecified atom stereocenters. The highest BCUT2D eigenvalue weighted by atomic mass is 35.5. The molecular formula is C24H23ClN4O2. The van der Waals surface area contributed by atoms with Crippen LogP contribution in [0.2, 0.25) is 5.02 Å². The molecule has 0 saturated heterocycles. The van der Waals surface area contributed by atoms with Gasteiger partial charge in [0.05, 0.1) is 6.20 Å². The van der Waals surface area contributed by atoms with E-state index < -0.39 is 0 Å². The second-order valence-electron chi connectivity index (χ2n) is 7.09. The van der Waals surface area contributed by atoms with E-state index in [1.54, 1.807) is 18.5 Å². The molecule has 2 heterocycles.